The van der Waals surface area contributed by atoms with Crippen LogP contribution < -0.4 is 20.5 Å². The first-order valence-corrected chi connectivity index (χ1v) is 8.26. The maximum absolute atomic E-state index is 11.8. The molecule has 1 atom stereocenters. The number of carbonyl (C=O) groups excluding carboxylic acids is 1. The fraction of sp³-hybridized carbons (Fsp3) is 0.462. The smallest absolute Gasteiger partial charge is 0.237 e. The van der Waals surface area contributed by atoms with Gasteiger partial charge in [0.2, 0.25) is 15.9 Å². The summed E-state index contributed by atoms with van der Waals surface area (Å²) in [5.41, 5.74) is 6.12. The molecule has 1 aromatic carbocycles. The second-order valence-corrected chi connectivity index (χ2v) is 6.31. The number of rotatable bonds is 8. The number of hydrogen-bond donors (Lipinski definition) is 3. The van der Waals surface area contributed by atoms with Gasteiger partial charge in [0.1, 0.15) is 12.4 Å². The van der Waals surface area contributed by atoms with Gasteiger partial charge in [0.15, 0.2) is 0 Å². The zero-order valence-corrected chi connectivity index (χ0v) is 12.9. The van der Waals surface area contributed by atoms with E-state index in [1.165, 1.54) is 6.92 Å². The van der Waals surface area contributed by atoms with Crippen molar-refractivity contribution in [3.63, 3.8) is 0 Å². The molecule has 0 aromatic heterocycles. The van der Waals surface area contributed by atoms with Crippen LogP contribution in [0.2, 0.25) is 0 Å². The van der Waals surface area contributed by atoms with Crippen LogP contribution in [0.1, 0.15) is 13.8 Å². The molecule has 0 aliphatic carbocycles. The Balaban J connectivity index is 2.46. The highest BCUT2D eigenvalue weighted by atomic mass is 32.2. The van der Waals surface area contributed by atoms with Gasteiger partial charge in [-0.1, -0.05) is 12.1 Å². The van der Waals surface area contributed by atoms with E-state index in [2.05, 4.69) is 10.0 Å². The molecule has 0 heterocycles. The first-order valence-electron chi connectivity index (χ1n) is 6.60. The molecule has 0 aliphatic heterocycles. The zero-order valence-electron chi connectivity index (χ0n) is 12.1. The van der Waals surface area contributed by atoms with Crippen molar-refractivity contribution in [1.29, 1.82) is 0 Å². The van der Waals surface area contributed by atoms with E-state index in [-0.39, 0.29) is 18.3 Å². The van der Waals surface area contributed by atoms with Gasteiger partial charge in [0, 0.05) is 6.54 Å². The molecule has 0 radical (unpaired) electrons. The van der Waals surface area contributed by atoms with Gasteiger partial charge in [-0.15, -0.1) is 0 Å². The van der Waals surface area contributed by atoms with Crippen LogP contribution in [0.25, 0.3) is 0 Å². The molecule has 1 rings (SSSR count). The Morgan fingerprint density at radius 1 is 1.38 bits per heavy atom. The van der Waals surface area contributed by atoms with Crippen LogP contribution in [0.15, 0.2) is 24.3 Å². The van der Waals surface area contributed by atoms with Crippen molar-refractivity contribution < 1.29 is 17.9 Å². The number of nitrogen functional groups attached to an aromatic ring is 1. The van der Waals surface area contributed by atoms with E-state index in [0.717, 1.165) is 0 Å². The average Bonchev–Trinajstić information content (AvgIpc) is 2.40. The lowest BCUT2D eigenvalue weighted by molar-refractivity contribution is -0.122. The summed E-state index contributed by atoms with van der Waals surface area (Å²) in [5.74, 6) is -0.191. The highest BCUT2D eigenvalue weighted by Gasteiger charge is 2.19. The fourth-order valence-electron chi connectivity index (χ4n) is 1.58. The molecule has 1 unspecified atom stereocenters. The minimum absolute atomic E-state index is 0.0499. The molecule has 0 bridgehead atoms. The summed E-state index contributed by atoms with van der Waals surface area (Å²) in [6.07, 6.45) is 0. The molecule has 21 heavy (non-hydrogen) atoms. The van der Waals surface area contributed by atoms with Gasteiger partial charge in [-0.2, -0.15) is 0 Å². The summed E-state index contributed by atoms with van der Waals surface area (Å²) in [6, 6.07) is 6.01. The second-order valence-electron chi connectivity index (χ2n) is 4.44. The molecule has 118 valence electrons. The Bertz CT molecular complexity index is 575. The third-order valence-corrected chi connectivity index (χ3v) is 4.05. The van der Waals surface area contributed by atoms with Crippen molar-refractivity contribution in [3.8, 4) is 5.75 Å². The van der Waals surface area contributed by atoms with Gasteiger partial charge in [-0.3, -0.25) is 4.79 Å². The van der Waals surface area contributed by atoms with Crippen LogP contribution >= 0.6 is 0 Å². The molecule has 1 aromatic rings. The van der Waals surface area contributed by atoms with Crippen LogP contribution in [-0.2, 0) is 14.8 Å². The van der Waals surface area contributed by atoms with Gasteiger partial charge in [0.05, 0.1) is 17.5 Å². The van der Waals surface area contributed by atoms with Crippen molar-refractivity contribution in [2.45, 2.75) is 19.9 Å². The summed E-state index contributed by atoms with van der Waals surface area (Å²) in [7, 11) is -3.60. The van der Waals surface area contributed by atoms with E-state index in [0.29, 0.717) is 18.0 Å². The predicted molar refractivity (Wildman–Crippen MR) is 81.4 cm³/mol. The number of sulfonamides is 1. The zero-order chi connectivity index (χ0) is 15.9. The van der Waals surface area contributed by atoms with Crippen LogP contribution in [0.4, 0.5) is 5.69 Å². The second kappa shape index (κ2) is 7.84. The maximum Gasteiger partial charge on any atom is 0.237 e. The number of benzene rings is 1. The van der Waals surface area contributed by atoms with Gasteiger partial charge in [0.25, 0.3) is 0 Å². The number of anilines is 1. The standard InChI is InChI=1S/C13H21N3O4S/c1-3-15-13(17)10(2)16-21(18,19)9-8-20-12-7-5-4-6-11(12)14/h4-7,10,16H,3,8-9,14H2,1-2H3,(H,15,17). The summed E-state index contributed by atoms with van der Waals surface area (Å²) in [6.45, 7) is 3.64. The summed E-state index contributed by atoms with van der Waals surface area (Å²) < 4.78 is 31.3. The highest BCUT2D eigenvalue weighted by molar-refractivity contribution is 7.89. The highest BCUT2D eigenvalue weighted by Crippen LogP contribution is 2.19. The number of amides is 1. The number of likely N-dealkylation sites (N-methyl/N-ethyl adjacent to an activating group) is 1. The van der Waals surface area contributed by atoms with Crippen LogP contribution in [0, 0.1) is 0 Å². The molecular formula is C13H21N3O4S. The van der Waals surface area contributed by atoms with E-state index in [1.54, 1.807) is 31.2 Å². The Kier molecular flexibility index (Phi) is 6.44. The molecule has 7 nitrogen and oxygen atoms in total. The molecular weight excluding hydrogens is 294 g/mol. The largest absolute Gasteiger partial charge is 0.490 e. The first-order chi connectivity index (χ1) is 9.85. The van der Waals surface area contributed by atoms with Crippen LogP contribution in [-0.4, -0.2) is 39.3 Å². The molecule has 8 heteroatoms. The molecule has 0 fully saturated rings. The van der Waals surface area contributed by atoms with Crippen molar-refractivity contribution in [2.75, 3.05) is 24.6 Å². The third kappa shape index (κ3) is 6.01. The Morgan fingerprint density at radius 2 is 2.05 bits per heavy atom. The molecule has 0 aliphatic rings. The normalized spacial score (nSPS) is 12.7. The molecule has 1 amide bonds. The first kappa shape index (κ1) is 17.3. The number of carbonyl (C=O) groups is 1. The minimum atomic E-state index is -3.60. The molecule has 0 spiro atoms. The Morgan fingerprint density at radius 3 is 2.67 bits per heavy atom. The van der Waals surface area contributed by atoms with E-state index >= 15 is 0 Å². The minimum Gasteiger partial charge on any atom is -0.490 e. The number of nitrogens with one attached hydrogen (secondary N) is 2. The summed E-state index contributed by atoms with van der Waals surface area (Å²) in [5, 5.41) is 2.54. The Labute approximate surface area is 124 Å². The fourth-order valence-corrected chi connectivity index (χ4v) is 2.65. The van der Waals surface area contributed by atoms with Gasteiger partial charge in [-0.05, 0) is 26.0 Å². The molecule has 4 N–H and O–H groups in total. The Hall–Kier alpha value is -1.80. The number of hydrogen-bond acceptors (Lipinski definition) is 5. The van der Waals surface area contributed by atoms with E-state index < -0.39 is 16.1 Å². The maximum atomic E-state index is 11.8. The quantitative estimate of drug-likeness (QED) is 0.589. The summed E-state index contributed by atoms with van der Waals surface area (Å²) in [4.78, 5) is 11.5. The molecule has 0 saturated carbocycles. The number of ether oxygens (including phenoxy) is 1. The van der Waals surface area contributed by atoms with E-state index in [9.17, 15) is 13.2 Å². The predicted octanol–water partition coefficient (Wildman–Crippen LogP) is 0.0916. The van der Waals surface area contributed by atoms with Crippen LogP contribution in [0.3, 0.4) is 0 Å². The van der Waals surface area contributed by atoms with Crippen molar-refractivity contribution in [3.05, 3.63) is 24.3 Å². The van der Waals surface area contributed by atoms with Crippen LogP contribution in [0.5, 0.6) is 5.75 Å². The van der Waals surface area contributed by atoms with Crippen molar-refractivity contribution in [1.82, 2.24) is 10.0 Å². The summed E-state index contributed by atoms with van der Waals surface area (Å²) >= 11 is 0. The van der Waals surface area contributed by atoms with E-state index in [1.807, 2.05) is 0 Å². The number of nitrogens with two attached hydrogens (primary N) is 1. The SMILES string of the molecule is CCNC(=O)C(C)NS(=O)(=O)CCOc1ccccc1N. The molecule has 0 saturated heterocycles. The van der Waals surface area contributed by atoms with Crippen molar-refractivity contribution >= 4 is 21.6 Å². The topological polar surface area (TPSA) is 111 Å². The average molecular weight is 315 g/mol. The monoisotopic (exact) mass is 315 g/mol. The lowest BCUT2D eigenvalue weighted by Gasteiger charge is -2.14. The van der Waals surface area contributed by atoms with E-state index in [4.69, 9.17) is 10.5 Å². The van der Waals surface area contributed by atoms with Gasteiger partial charge < -0.3 is 15.8 Å². The van der Waals surface area contributed by atoms with Gasteiger partial charge in [-0.25, -0.2) is 13.1 Å². The third-order valence-electron chi connectivity index (χ3n) is 2.63. The van der Waals surface area contributed by atoms with Gasteiger partial charge >= 0.3 is 0 Å². The lowest BCUT2D eigenvalue weighted by atomic mass is 10.3. The van der Waals surface area contributed by atoms with Crippen molar-refractivity contribution in [2.24, 2.45) is 0 Å². The lowest BCUT2D eigenvalue weighted by Crippen LogP contribution is -2.45. The number of para-hydroxylation sites is 2.